The van der Waals surface area contributed by atoms with Gasteiger partial charge in [-0.1, -0.05) is 0 Å². The van der Waals surface area contributed by atoms with Crippen LogP contribution in [0.25, 0.3) is 0 Å². The molecule has 0 spiro atoms. The molecule has 1 N–H and O–H groups in total. The highest BCUT2D eigenvalue weighted by molar-refractivity contribution is 5.96. The number of hydrogen-bond donors (Lipinski definition) is 1. The number of rotatable bonds is 2. The molecule has 1 aromatic carbocycles. The smallest absolute Gasteiger partial charge is 0.254 e. The second-order valence-electron chi connectivity index (χ2n) is 5.07. The third-order valence-electron chi connectivity index (χ3n) is 3.86. The fraction of sp³-hybridized carbons (Fsp3) is 0.533. The van der Waals surface area contributed by atoms with Gasteiger partial charge >= 0.3 is 0 Å². The van der Waals surface area contributed by atoms with Gasteiger partial charge in [0.2, 0.25) is 0 Å². The van der Waals surface area contributed by atoms with Crippen LogP contribution in [0.4, 0.5) is 0 Å². The van der Waals surface area contributed by atoms with Gasteiger partial charge < -0.3 is 15.0 Å². The van der Waals surface area contributed by atoms with E-state index in [0.29, 0.717) is 0 Å². The van der Waals surface area contributed by atoms with Gasteiger partial charge in [0.1, 0.15) is 5.75 Å². The van der Waals surface area contributed by atoms with Gasteiger partial charge in [-0.05, 0) is 43.5 Å². The molecule has 0 saturated carbocycles. The summed E-state index contributed by atoms with van der Waals surface area (Å²) in [6, 6.07) is 1.95. The summed E-state index contributed by atoms with van der Waals surface area (Å²) in [6.45, 7) is 9.30. The predicted octanol–water partition coefficient (Wildman–Crippen LogP) is 1.67. The van der Waals surface area contributed by atoms with Crippen molar-refractivity contribution >= 4 is 5.91 Å². The molecule has 0 radical (unpaired) electrons. The highest BCUT2D eigenvalue weighted by atomic mass is 16.5. The molecule has 1 saturated heterocycles. The molecule has 19 heavy (non-hydrogen) atoms. The number of amides is 1. The number of carbonyl (C=O) groups is 1. The Bertz CT molecular complexity index is 491. The monoisotopic (exact) mass is 262 g/mol. The van der Waals surface area contributed by atoms with Gasteiger partial charge in [0.05, 0.1) is 7.11 Å². The summed E-state index contributed by atoms with van der Waals surface area (Å²) in [7, 11) is 1.67. The first-order chi connectivity index (χ1) is 9.06. The number of aryl methyl sites for hydroxylation is 1. The van der Waals surface area contributed by atoms with Crippen molar-refractivity contribution in [2.75, 3.05) is 33.3 Å². The Kier molecular flexibility index (Phi) is 4.10. The highest BCUT2D eigenvalue weighted by Crippen LogP contribution is 2.29. The van der Waals surface area contributed by atoms with E-state index >= 15 is 0 Å². The molecule has 2 rings (SSSR count). The summed E-state index contributed by atoms with van der Waals surface area (Å²) in [6.07, 6.45) is 0. The number of benzene rings is 1. The average molecular weight is 262 g/mol. The Morgan fingerprint density at radius 2 is 1.84 bits per heavy atom. The number of nitrogens with one attached hydrogen (secondary N) is 1. The van der Waals surface area contributed by atoms with Crippen molar-refractivity contribution in [1.29, 1.82) is 0 Å². The van der Waals surface area contributed by atoms with Crippen LogP contribution >= 0.6 is 0 Å². The number of carbonyl (C=O) groups excluding carboxylic acids is 1. The van der Waals surface area contributed by atoms with Crippen LogP contribution in [0.15, 0.2) is 6.07 Å². The Balaban J connectivity index is 2.36. The largest absolute Gasteiger partial charge is 0.496 e. The van der Waals surface area contributed by atoms with Crippen LogP contribution in [0.3, 0.4) is 0 Å². The molecule has 4 nitrogen and oxygen atoms in total. The van der Waals surface area contributed by atoms with E-state index in [2.05, 4.69) is 5.32 Å². The van der Waals surface area contributed by atoms with Crippen molar-refractivity contribution < 1.29 is 9.53 Å². The van der Waals surface area contributed by atoms with Crippen molar-refractivity contribution in [1.82, 2.24) is 10.2 Å². The third kappa shape index (κ3) is 2.59. The van der Waals surface area contributed by atoms with E-state index in [4.69, 9.17) is 4.74 Å². The lowest BCUT2D eigenvalue weighted by molar-refractivity contribution is 0.0735. The lowest BCUT2D eigenvalue weighted by Gasteiger charge is -2.28. The van der Waals surface area contributed by atoms with E-state index in [1.54, 1.807) is 7.11 Å². The number of nitrogens with zero attached hydrogens (tertiary/aromatic N) is 1. The van der Waals surface area contributed by atoms with Gasteiger partial charge in [-0.2, -0.15) is 0 Å². The van der Waals surface area contributed by atoms with Crippen LogP contribution in [0.5, 0.6) is 5.75 Å². The number of hydrogen-bond acceptors (Lipinski definition) is 3. The normalized spacial score (nSPS) is 15.5. The number of methoxy groups -OCH3 is 1. The molecule has 0 unspecified atom stereocenters. The minimum Gasteiger partial charge on any atom is -0.496 e. The first-order valence-electron chi connectivity index (χ1n) is 6.71. The zero-order valence-electron chi connectivity index (χ0n) is 12.2. The zero-order chi connectivity index (χ0) is 14.0. The Morgan fingerprint density at radius 1 is 1.21 bits per heavy atom. The molecule has 104 valence electrons. The zero-order valence-corrected chi connectivity index (χ0v) is 12.2. The summed E-state index contributed by atoms with van der Waals surface area (Å²) in [5.41, 5.74) is 3.90. The van der Waals surface area contributed by atoms with Crippen LogP contribution in [0.1, 0.15) is 27.0 Å². The minimum atomic E-state index is 0.132. The molecule has 0 aromatic heterocycles. The van der Waals surface area contributed by atoms with Gasteiger partial charge in [0.15, 0.2) is 0 Å². The van der Waals surface area contributed by atoms with Gasteiger partial charge in [-0.3, -0.25) is 4.79 Å². The standard InChI is InChI=1S/C15H22N2O2/c1-10-9-13(11(2)12(3)14(10)19-4)15(18)17-7-5-16-6-8-17/h9,16H,5-8H2,1-4H3. The van der Waals surface area contributed by atoms with Crippen molar-refractivity contribution in [3.8, 4) is 5.75 Å². The molecule has 0 bridgehead atoms. The van der Waals surface area contributed by atoms with Gasteiger partial charge in [0.25, 0.3) is 5.91 Å². The van der Waals surface area contributed by atoms with Crippen molar-refractivity contribution in [2.45, 2.75) is 20.8 Å². The molecular formula is C15H22N2O2. The van der Waals surface area contributed by atoms with Crippen molar-refractivity contribution in [3.63, 3.8) is 0 Å². The first kappa shape index (κ1) is 13.9. The van der Waals surface area contributed by atoms with E-state index < -0.39 is 0 Å². The van der Waals surface area contributed by atoms with E-state index in [9.17, 15) is 4.79 Å². The maximum Gasteiger partial charge on any atom is 0.254 e. The molecule has 0 atom stereocenters. The molecule has 1 heterocycles. The Hall–Kier alpha value is -1.55. The van der Waals surface area contributed by atoms with E-state index in [1.165, 1.54) is 0 Å². The topological polar surface area (TPSA) is 41.6 Å². The Morgan fingerprint density at radius 3 is 2.42 bits per heavy atom. The maximum absolute atomic E-state index is 12.6. The SMILES string of the molecule is COc1c(C)cc(C(=O)N2CCNCC2)c(C)c1C. The van der Waals surface area contributed by atoms with Crippen LogP contribution in [0, 0.1) is 20.8 Å². The molecule has 0 aliphatic carbocycles. The summed E-state index contributed by atoms with van der Waals surface area (Å²) in [4.78, 5) is 14.5. The van der Waals surface area contributed by atoms with Gasteiger partial charge in [0, 0.05) is 31.7 Å². The first-order valence-corrected chi connectivity index (χ1v) is 6.71. The van der Waals surface area contributed by atoms with Crippen molar-refractivity contribution in [3.05, 3.63) is 28.3 Å². The summed E-state index contributed by atoms with van der Waals surface area (Å²) in [5, 5.41) is 3.26. The fourth-order valence-corrected chi connectivity index (χ4v) is 2.63. The molecule has 4 heteroatoms. The summed E-state index contributed by atoms with van der Waals surface area (Å²) < 4.78 is 5.40. The fourth-order valence-electron chi connectivity index (χ4n) is 2.63. The highest BCUT2D eigenvalue weighted by Gasteiger charge is 2.22. The predicted molar refractivity (Wildman–Crippen MR) is 76.0 cm³/mol. The maximum atomic E-state index is 12.6. The lowest BCUT2D eigenvalue weighted by Crippen LogP contribution is -2.46. The van der Waals surface area contributed by atoms with Crippen LogP contribution in [-0.4, -0.2) is 44.1 Å². The average Bonchev–Trinajstić information content (AvgIpc) is 2.43. The number of ether oxygens (including phenoxy) is 1. The molecule has 1 fully saturated rings. The molecule has 1 aromatic rings. The van der Waals surface area contributed by atoms with Gasteiger partial charge in [-0.15, -0.1) is 0 Å². The third-order valence-corrected chi connectivity index (χ3v) is 3.86. The van der Waals surface area contributed by atoms with E-state index in [1.807, 2.05) is 31.7 Å². The number of piperazine rings is 1. The van der Waals surface area contributed by atoms with Crippen LogP contribution < -0.4 is 10.1 Å². The molecule has 1 aliphatic rings. The summed E-state index contributed by atoms with van der Waals surface area (Å²) >= 11 is 0. The molecular weight excluding hydrogens is 240 g/mol. The molecule has 1 amide bonds. The summed E-state index contributed by atoms with van der Waals surface area (Å²) in [5.74, 6) is 1.02. The van der Waals surface area contributed by atoms with E-state index in [0.717, 1.165) is 54.2 Å². The van der Waals surface area contributed by atoms with Crippen molar-refractivity contribution in [2.24, 2.45) is 0 Å². The molecule has 1 aliphatic heterocycles. The second kappa shape index (κ2) is 5.61. The van der Waals surface area contributed by atoms with E-state index in [-0.39, 0.29) is 5.91 Å². The second-order valence-corrected chi connectivity index (χ2v) is 5.07. The Labute approximate surface area is 114 Å². The lowest BCUT2D eigenvalue weighted by atomic mass is 9.97. The van der Waals surface area contributed by atoms with Gasteiger partial charge in [-0.25, -0.2) is 0 Å². The minimum absolute atomic E-state index is 0.132. The quantitative estimate of drug-likeness (QED) is 0.881. The van der Waals surface area contributed by atoms with Crippen LogP contribution in [0.2, 0.25) is 0 Å². The van der Waals surface area contributed by atoms with Crippen LogP contribution in [-0.2, 0) is 0 Å².